The average molecular weight is 262 g/mol. The summed E-state index contributed by atoms with van der Waals surface area (Å²) in [6.07, 6.45) is 5.80. The number of rotatable bonds is 2. The lowest BCUT2D eigenvalue weighted by Crippen LogP contribution is -3.00. The monoisotopic (exact) mass is 261 g/mol. The van der Waals surface area contributed by atoms with E-state index in [9.17, 15) is 4.79 Å². The molecule has 1 aliphatic heterocycles. The molecular weight excluding hydrogens is 246 g/mol. The Morgan fingerprint density at radius 1 is 1.44 bits per heavy atom. The molecule has 1 aliphatic rings. The van der Waals surface area contributed by atoms with Crippen LogP contribution < -0.4 is 17.0 Å². The standard InChI is InChI=1S/C10H16N3OS.ClH/c1-11-2-3-12(9-11)8-10(14)13-4-6-15-7-5-13;/h2-3,9H,4-8H2,1H3;1H/q+1;/p-1. The third-order valence-corrected chi connectivity index (χ3v) is 3.45. The molecule has 0 aliphatic carbocycles. The molecule has 0 spiro atoms. The zero-order valence-corrected chi connectivity index (χ0v) is 10.9. The Hall–Kier alpha value is -0.680. The van der Waals surface area contributed by atoms with Crippen molar-refractivity contribution in [3.05, 3.63) is 18.7 Å². The van der Waals surface area contributed by atoms with Gasteiger partial charge in [0.1, 0.15) is 12.4 Å². The molecular formula is C10H16ClN3OS. The van der Waals surface area contributed by atoms with Crippen LogP contribution >= 0.6 is 11.8 Å². The summed E-state index contributed by atoms with van der Waals surface area (Å²) in [4.78, 5) is 13.8. The number of carbonyl (C=O) groups is 1. The number of imidazole rings is 1. The first-order chi connectivity index (χ1) is 7.25. The van der Waals surface area contributed by atoms with Gasteiger partial charge in [0.15, 0.2) is 6.54 Å². The minimum absolute atomic E-state index is 0. The molecule has 4 nitrogen and oxygen atoms in total. The van der Waals surface area contributed by atoms with Gasteiger partial charge in [0, 0.05) is 24.6 Å². The first kappa shape index (κ1) is 13.4. The molecule has 0 N–H and O–H groups in total. The van der Waals surface area contributed by atoms with E-state index in [1.54, 1.807) is 0 Å². The van der Waals surface area contributed by atoms with Crippen molar-refractivity contribution < 1.29 is 21.8 Å². The van der Waals surface area contributed by atoms with Gasteiger partial charge in [0.2, 0.25) is 6.33 Å². The Bertz CT molecular complexity index is 350. The van der Waals surface area contributed by atoms with Crippen LogP contribution in [0, 0.1) is 0 Å². The minimum atomic E-state index is 0. The van der Waals surface area contributed by atoms with Crippen LogP contribution in [0.5, 0.6) is 0 Å². The fourth-order valence-electron chi connectivity index (χ4n) is 1.66. The van der Waals surface area contributed by atoms with Crippen molar-refractivity contribution in [2.45, 2.75) is 6.54 Å². The molecule has 1 aromatic heterocycles. The second kappa shape index (κ2) is 6.15. The zero-order valence-electron chi connectivity index (χ0n) is 9.30. The normalized spacial score (nSPS) is 15.7. The van der Waals surface area contributed by atoms with Crippen LogP contribution in [0.1, 0.15) is 0 Å². The Morgan fingerprint density at radius 2 is 2.12 bits per heavy atom. The smallest absolute Gasteiger partial charge is 0.264 e. The number of carbonyl (C=O) groups excluding carboxylic acids is 1. The van der Waals surface area contributed by atoms with Gasteiger partial charge in [-0.25, -0.2) is 9.13 Å². The lowest BCUT2D eigenvalue weighted by molar-refractivity contribution is -0.671. The minimum Gasteiger partial charge on any atom is -1.00 e. The van der Waals surface area contributed by atoms with Crippen molar-refractivity contribution in [3.63, 3.8) is 0 Å². The quantitative estimate of drug-likeness (QED) is 0.528. The summed E-state index contributed by atoms with van der Waals surface area (Å²) in [6, 6.07) is 0. The first-order valence-electron chi connectivity index (χ1n) is 5.12. The molecule has 0 saturated carbocycles. The largest absolute Gasteiger partial charge is 1.00 e. The van der Waals surface area contributed by atoms with Gasteiger partial charge < -0.3 is 17.3 Å². The van der Waals surface area contributed by atoms with Crippen molar-refractivity contribution in [1.29, 1.82) is 0 Å². The molecule has 0 atom stereocenters. The highest BCUT2D eigenvalue weighted by Crippen LogP contribution is 2.09. The van der Waals surface area contributed by atoms with Crippen LogP contribution in [0.2, 0.25) is 0 Å². The van der Waals surface area contributed by atoms with Crippen LogP contribution in [-0.4, -0.2) is 40.0 Å². The molecule has 1 aromatic rings. The van der Waals surface area contributed by atoms with Crippen molar-refractivity contribution >= 4 is 17.7 Å². The Labute approximate surface area is 106 Å². The molecule has 0 aromatic carbocycles. The first-order valence-corrected chi connectivity index (χ1v) is 6.28. The third-order valence-electron chi connectivity index (χ3n) is 2.51. The summed E-state index contributed by atoms with van der Waals surface area (Å²) in [7, 11) is 1.96. The van der Waals surface area contributed by atoms with Crippen molar-refractivity contribution in [1.82, 2.24) is 9.47 Å². The summed E-state index contributed by atoms with van der Waals surface area (Å²) in [5, 5.41) is 0. The van der Waals surface area contributed by atoms with Gasteiger partial charge in [-0.3, -0.25) is 4.79 Å². The van der Waals surface area contributed by atoms with Crippen LogP contribution in [0.25, 0.3) is 0 Å². The van der Waals surface area contributed by atoms with Gasteiger partial charge in [-0.05, 0) is 0 Å². The van der Waals surface area contributed by atoms with Crippen LogP contribution in [0.4, 0.5) is 0 Å². The lowest BCUT2D eigenvalue weighted by Gasteiger charge is -2.25. The Morgan fingerprint density at radius 3 is 2.69 bits per heavy atom. The number of thioether (sulfide) groups is 1. The predicted octanol–water partition coefficient (Wildman–Crippen LogP) is -3.11. The highest BCUT2D eigenvalue weighted by Gasteiger charge is 2.18. The maximum atomic E-state index is 11.9. The van der Waals surface area contributed by atoms with E-state index in [-0.39, 0.29) is 18.3 Å². The molecule has 0 unspecified atom stereocenters. The van der Waals surface area contributed by atoms with Crippen molar-refractivity contribution in [2.24, 2.45) is 7.05 Å². The molecule has 6 heteroatoms. The van der Waals surface area contributed by atoms with Crippen LogP contribution in [0.3, 0.4) is 0 Å². The van der Waals surface area contributed by atoms with E-state index in [2.05, 4.69) is 0 Å². The number of amides is 1. The van der Waals surface area contributed by atoms with Crippen LogP contribution in [0.15, 0.2) is 18.7 Å². The summed E-state index contributed by atoms with van der Waals surface area (Å²) in [6.45, 7) is 2.26. The van der Waals surface area contributed by atoms with E-state index in [4.69, 9.17) is 0 Å². The highest BCUT2D eigenvalue weighted by atomic mass is 35.5. The number of aromatic nitrogens is 2. The molecule has 0 bridgehead atoms. The van der Waals surface area contributed by atoms with Gasteiger partial charge >= 0.3 is 0 Å². The van der Waals surface area contributed by atoms with E-state index in [0.29, 0.717) is 6.54 Å². The molecule has 90 valence electrons. The fourth-order valence-corrected chi connectivity index (χ4v) is 2.57. The number of aryl methyl sites for hydroxylation is 1. The van der Waals surface area contributed by atoms with Gasteiger partial charge in [-0.1, -0.05) is 0 Å². The van der Waals surface area contributed by atoms with Gasteiger partial charge in [0.25, 0.3) is 5.91 Å². The summed E-state index contributed by atoms with van der Waals surface area (Å²) < 4.78 is 3.86. The maximum Gasteiger partial charge on any atom is 0.264 e. The Kier molecular flexibility index (Phi) is 5.15. The van der Waals surface area contributed by atoms with E-state index < -0.39 is 0 Å². The second-order valence-electron chi connectivity index (χ2n) is 3.74. The van der Waals surface area contributed by atoms with Gasteiger partial charge in [0.05, 0.1) is 7.05 Å². The number of halogens is 1. The topological polar surface area (TPSA) is 29.1 Å². The molecule has 2 heterocycles. The molecule has 1 fully saturated rings. The highest BCUT2D eigenvalue weighted by molar-refractivity contribution is 7.99. The molecule has 1 amide bonds. The van der Waals surface area contributed by atoms with Gasteiger partial charge in [-0.2, -0.15) is 11.8 Å². The lowest BCUT2D eigenvalue weighted by atomic mass is 10.4. The SMILES string of the molecule is C[n+]1ccn(CC(=O)N2CCSCC2)c1.[Cl-]. The fraction of sp³-hybridized carbons (Fsp3) is 0.600. The number of nitrogens with zero attached hydrogens (tertiary/aromatic N) is 3. The summed E-state index contributed by atoms with van der Waals surface area (Å²) in [5.41, 5.74) is 0. The molecule has 1 saturated heterocycles. The summed E-state index contributed by atoms with van der Waals surface area (Å²) >= 11 is 1.92. The zero-order chi connectivity index (χ0) is 10.7. The Balaban J connectivity index is 0.00000128. The van der Waals surface area contributed by atoms with E-state index in [1.807, 2.05) is 51.6 Å². The summed E-state index contributed by atoms with van der Waals surface area (Å²) in [5.74, 6) is 2.38. The van der Waals surface area contributed by atoms with Crippen molar-refractivity contribution in [2.75, 3.05) is 24.6 Å². The maximum absolute atomic E-state index is 11.9. The van der Waals surface area contributed by atoms with E-state index in [1.165, 1.54) is 0 Å². The number of hydrogen-bond donors (Lipinski definition) is 0. The molecule has 2 rings (SSSR count). The second-order valence-corrected chi connectivity index (χ2v) is 4.97. The van der Waals surface area contributed by atoms with Gasteiger partial charge in [-0.15, -0.1) is 0 Å². The van der Waals surface area contributed by atoms with Crippen molar-refractivity contribution in [3.8, 4) is 0 Å². The van der Waals surface area contributed by atoms with E-state index in [0.717, 1.165) is 24.6 Å². The average Bonchev–Trinajstić information content (AvgIpc) is 2.65. The molecule has 0 radical (unpaired) electrons. The number of hydrogen-bond acceptors (Lipinski definition) is 2. The predicted molar refractivity (Wildman–Crippen MR) is 59.5 cm³/mol. The van der Waals surface area contributed by atoms with E-state index >= 15 is 0 Å². The third kappa shape index (κ3) is 3.42. The van der Waals surface area contributed by atoms with Crippen LogP contribution in [-0.2, 0) is 18.4 Å². The molecule has 16 heavy (non-hydrogen) atoms.